The van der Waals surface area contributed by atoms with E-state index in [0.717, 1.165) is 0 Å². The van der Waals surface area contributed by atoms with Crippen molar-refractivity contribution in [1.82, 2.24) is 14.5 Å². The normalized spacial score (nSPS) is 11.5. The van der Waals surface area contributed by atoms with Crippen molar-refractivity contribution >= 4 is 28.6 Å². The number of nitrogens with zero attached hydrogens (tertiary/aromatic N) is 3. The molecule has 0 saturated heterocycles. The van der Waals surface area contributed by atoms with Gasteiger partial charge in [0, 0.05) is 25.2 Å². The number of benzene rings is 2. The molecule has 0 saturated carbocycles. The summed E-state index contributed by atoms with van der Waals surface area (Å²) in [5.74, 6) is -0.465. The predicted octanol–water partition coefficient (Wildman–Crippen LogP) is 5.16. The van der Waals surface area contributed by atoms with E-state index in [4.69, 9.17) is 5.73 Å². The van der Waals surface area contributed by atoms with Crippen molar-refractivity contribution < 1.29 is 13.6 Å². The number of fused-ring (bicyclic) bond motifs is 1. The highest BCUT2D eigenvalue weighted by Gasteiger charge is 2.21. The van der Waals surface area contributed by atoms with Crippen molar-refractivity contribution in [3.8, 4) is 0 Å². The molecule has 0 spiro atoms. The van der Waals surface area contributed by atoms with Crippen molar-refractivity contribution in [1.29, 1.82) is 0 Å². The summed E-state index contributed by atoms with van der Waals surface area (Å²) in [5.41, 5.74) is 7.34. The van der Waals surface area contributed by atoms with Gasteiger partial charge >= 0.3 is 0 Å². The molecule has 1 aromatic heterocycles. The number of rotatable bonds is 10. The Bertz CT molecular complexity index is 1080. The molecule has 1 heterocycles. The molecule has 3 rings (SSSR count). The number of carbonyl (C=O) groups is 1. The van der Waals surface area contributed by atoms with Gasteiger partial charge in [0.05, 0.1) is 11.0 Å². The Kier molecular flexibility index (Phi) is 8.02. The van der Waals surface area contributed by atoms with E-state index in [1.54, 1.807) is 18.2 Å². The molecule has 0 bridgehead atoms. The van der Waals surface area contributed by atoms with Crippen LogP contribution in [0.4, 0.5) is 20.4 Å². The monoisotopic (exact) mass is 457 g/mol. The average molecular weight is 458 g/mol. The summed E-state index contributed by atoms with van der Waals surface area (Å²) in [6.07, 6.45) is 0.644. The molecule has 0 aliphatic carbocycles. The molecule has 2 aromatic carbocycles. The zero-order chi connectivity index (χ0) is 24.1. The fraction of sp³-hybridized carbons (Fsp3) is 0.440. The van der Waals surface area contributed by atoms with Crippen molar-refractivity contribution in [2.24, 2.45) is 17.6 Å². The van der Waals surface area contributed by atoms with Crippen LogP contribution < -0.4 is 11.1 Å². The minimum Gasteiger partial charge on any atom is -0.338 e. The SMILES string of the molecule is CC(C)CN(CC(C)C)C(=O)c1ccc2nc(Nc3c(F)cccc3F)n(CCCN)c2c1. The Labute approximate surface area is 193 Å². The lowest BCUT2D eigenvalue weighted by atomic mass is 10.1. The van der Waals surface area contributed by atoms with Gasteiger partial charge < -0.3 is 20.5 Å². The van der Waals surface area contributed by atoms with Gasteiger partial charge in [0.25, 0.3) is 5.91 Å². The van der Waals surface area contributed by atoms with Gasteiger partial charge in [-0.15, -0.1) is 0 Å². The van der Waals surface area contributed by atoms with E-state index >= 15 is 0 Å². The molecule has 33 heavy (non-hydrogen) atoms. The highest BCUT2D eigenvalue weighted by molar-refractivity contribution is 5.98. The van der Waals surface area contributed by atoms with Gasteiger partial charge in [0.1, 0.15) is 17.3 Å². The molecule has 0 unspecified atom stereocenters. The van der Waals surface area contributed by atoms with Gasteiger partial charge in [-0.2, -0.15) is 0 Å². The summed E-state index contributed by atoms with van der Waals surface area (Å²) in [7, 11) is 0. The van der Waals surface area contributed by atoms with Gasteiger partial charge in [-0.3, -0.25) is 4.79 Å². The minimum absolute atomic E-state index is 0.0412. The van der Waals surface area contributed by atoms with Crippen LogP contribution in [0.15, 0.2) is 36.4 Å². The zero-order valence-electron chi connectivity index (χ0n) is 19.7. The lowest BCUT2D eigenvalue weighted by Crippen LogP contribution is -2.37. The Balaban J connectivity index is 2.03. The van der Waals surface area contributed by atoms with E-state index in [1.807, 2.05) is 9.47 Å². The first-order valence-electron chi connectivity index (χ1n) is 11.4. The molecule has 0 atom stereocenters. The second-order valence-electron chi connectivity index (χ2n) is 9.15. The van der Waals surface area contributed by atoms with E-state index < -0.39 is 11.6 Å². The van der Waals surface area contributed by atoms with Crippen molar-refractivity contribution in [2.45, 2.75) is 40.7 Å². The van der Waals surface area contributed by atoms with Crippen molar-refractivity contribution in [2.75, 3.05) is 25.0 Å². The standard InChI is InChI=1S/C25H33F2N5O/c1-16(2)14-31(15-17(3)4)24(33)18-9-10-21-22(13-18)32(12-6-11-28)25(29-21)30-23-19(26)7-5-8-20(23)27/h5,7-10,13,16-17H,6,11-12,14-15,28H2,1-4H3,(H,29,30). The van der Waals surface area contributed by atoms with E-state index in [1.165, 1.54) is 18.2 Å². The lowest BCUT2D eigenvalue weighted by molar-refractivity contribution is 0.0715. The summed E-state index contributed by atoms with van der Waals surface area (Å²) < 4.78 is 30.3. The molecule has 0 aliphatic heterocycles. The molecule has 8 heteroatoms. The third kappa shape index (κ3) is 5.87. The number of amides is 1. The first-order chi connectivity index (χ1) is 15.7. The van der Waals surface area contributed by atoms with Crippen LogP contribution in [0.3, 0.4) is 0 Å². The van der Waals surface area contributed by atoms with Gasteiger partial charge in [0.2, 0.25) is 5.95 Å². The number of aryl methyl sites for hydroxylation is 1. The summed E-state index contributed by atoms with van der Waals surface area (Å²) in [6, 6.07) is 9.02. The summed E-state index contributed by atoms with van der Waals surface area (Å²) in [4.78, 5) is 19.8. The van der Waals surface area contributed by atoms with Crippen LogP contribution in [0.1, 0.15) is 44.5 Å². The molecule has 0 fully saturated rings. The number of hydrogen-bond acceptors (Lipinski definition) is 4. The number of imidazole rings is 1. The van der Waals surface area contributed by atoms with Crippen LogP contribution in [0, 0.1) is 23.5 Å². The van der Waals surface area contributed by atoms with E-state index in [-0.39, 0.29) is 11.6 Å². The number of hydrogen-bond donors (Lipinski definition) is 2. The smallest absolute Gasteiger partial charge is 0.253 e. The maximum atomic E-state index is 14.2. The van der Waals surface area contributed by atoms with Crippen molar-refractivity contribution in [3.05, 3.63) is 53.6 Å². The van der Waals surface area contributed by atoms with Gasteiger partial charge in [-0.1, -0.05) is 33.8 Å². The van der Waals surface area contributed by atoms with Crippen LogP contribution in [0.25, 0.3) is 11.0 Å². The van der Waals surface area contributed by atoms with Crippen LogP contribution in [-0.4, -0.2) is 40.0 Å². The van der Waals surface area contributed by atoms with Crippen LogP contribution in [0.5, 0.6) is 0 Å². The predicted molar refractivity (Wildman–Crippen MR) is 129 cm³/mol. The third-order valence-corrected chi connectivity index (χ3v) is 5.24. The fourth-order valence-corrected chi connectivity index (χ4v) is 3.86. The molecule has 6 nitrogen and oxygen atoms in total. The van der Waals surface area contributed by atoms with Crippen molar-refractivity contribution in [3.63, 3.8) is 0 Å². The number of nitrogens with one attached hydrogen (secondary N) is 1. The summed E-state index contributed by atoms with van der Waals surface area (Å²) in [6.45, 7) is 10.6. The van der Waals surface area contributed by atoms with E-state index in [0.29, 0.717) is 67.0 Å². The number of halogens is 2. The first kappa shape index (κ1) is 24.6. The van der Waals surface area contributed by atoms with Gasteiger partial charge in [0.15, 0.2) is 0 Å². The van der Waals surface area contributed by atoms with Gasteiger partial charge in [-0.05, 0) is 55.1 Å². The van der Waals surface area contributed by atoms with Crippen LogP contribution >= 0.6 is 0 Å². The Hall–Kier alpha value is -3.00. The maximum Gasteiger partial charge on any atom is 0.253 e. The quantitative estimate of drug-likeness (QED) is 0.441. The molecule has 0 aliphatic rings. The van der Waals surface area contributed by atoms with Gasteiger partial charge in [-0.25, -0.2) is 13.8 Å². The molecule has 3 N–H and O–H groups in total. The molecule has 0 radical (unpaired) electrons. The zero-order valence-corrected chi connectivity index (χ0v) is 19.7. The first-order valence-corrected chi connectivity index (χ1v) is 11.4. The molecule has 3 aromatic rings. The summed E-state index contributed by atoms with van der Waals surface area (Å²) in [5, 5.41) is 2.80. The van der Waals surface area contributed by atoms with E-state index in [2.05, 4.69) is 38.0 Å². The topological polar surface area (TPSA) is 76.2 Å². The van der Waals surface area contributed by atoms with Crippen LogP contribution in [0.2, 0.25) is 0 Å². The fourth-order valence-electron chi connectivity index (χ4n) is 3.86. The summed E-state index contributed by atoms with van der Waals surface area (Å²) >= 11 is 0. The lowest BCUT2D eigenvalue weighted by Gasteiger charge is -2.26. The number of para-hydroxylation sites is 1. The number of anilines is 2. The Morgan fingerprint density at radius 1 is 1.09 bits per heavy atom. The molecule has 178 valence electrons. The van der Waals surface area contributed by atoms with Crippen LogP contribution in [-0.2, 0) is 6.54 Å². The second kappa shape index (κ2) is 10.7. The van der Waals surface area contributed by atoms with E-state index in [9.17, 15) is 13.6 Å². The number of aromatic nitrogens is 2. The highest BCUT2D eigenvalue weighted by atomic mass is 19.1. The maximum absolute atomic E-state index is 14.2. The minimum atomic E-state index is -0.707. The number of carbonyl (C=O) groups excluding carboxylic acids is 1. The number of nitrogens with two attached hydrogens (primary N) is 1. The molecular weight excluding hydrogens is 424 g/mol. The largest absolute Gasteiger partial charge is 0.338 e. The average Bonchev–Trinajstić information content (AvgIpc) is 3.09. The Morgan fingerprint density at radius 2 is 1.73 bits per heavy atom. The molecular formula is C25H33F2N5O. The molecule has 1 amide bonds. The second-order valence-corrected chi connectivity index (χ2v) is 9.15. The highest BCUT2D eigenvalue weighted by Crippen LogP contribution is 2.27. The Morgan fingerprint density at radius 3 is 2.30 bits per heavy atom. The third-order valence-electron chi connectivity index (χ3n) is 5.24.